The van der Waals surface area contributed by atoms with E-state index in [1.807, 2.05) is 0 Å². The molecule has 2 fully saturated rings. The molecule has 0 bridgehead atoms. The molecule has 0 amide bonds. The van der Waals surface area contributed by atoms with Crippen LogP contribution < -0.4 is 10.6 Å². The third-order valence-corrected chi connectivity index (χ3v) is 2.38. The van der Waals surface area contributed by atoms with Crippen molar-refractivity contribution in [1.29, 1.82) is 0 Å². The van der Waals surface area contributed by atoms with Gasteiger partial charge in [0.15, 0.2) is 0 Å². The van der Waals surface area contributed by atoms with Gasteiger partial charge in [-0.2, -0.15) is 0 Å². The molecule has 0 aliphatic carbocycles. The molecule has 0 saturated carbocycles. The second-order valence-electron chi connectivity index (χ2n) is 2.99. The van der Waals surface area contributed by atoms with E-state index in [1.54, 1.807) is 0 Å². The van der Waals surface area contributed by atoms with Crippen molar-refractivity contribution in [1.82, 2.24) is 10.6 Å². The van der Waals surface area contributed by atoms with E-state index in [1.165, 1.54) is 26.1 Å². The molecule has 1 radical (unpaired) electrons. The summed E-state index contributed by atoms with van der Waals surface area (Å²) in [7, 11) is 0. The molecule has 2 rings (SSSR count). The van der Waals surface area contributed by atoms with E-state index in [2.05, 4.69) is 17.2 Å². The van der Waals surface area contributed by atoms with E-state index in [-0.39, 0.29) is 0 Å². The van der Waals surface area contributed by atoms with Gasteiger partial charge in [-0.1, -0.05) is 0 Å². The van der Waals surface area contributed by atoms with Gasteiger partial charge in [0.25, 0.3) is 0 Å². The molecule has 0 aromatic rings. The summed E-state index contributed by atoms with van der Waals surface area (Å²) < 4.78 is 0. The van der Waals surface area contributed by atoms with Crippen LogP contribution >= 0.6 is 0 Å². The molecule has 2 saturated heterocycles. The smallest absolute Gasteiger partial charge is 0.0267 e. The molecule has 2 heterocycles. The van der Waals surface area contributed by atoms with Gasteiger partial charge in [-0.05, 0) is 37.9 Å². The molecule has 9 heavy (non-hydrogen) atoms. The van der Waals surface area contributed by atoms with Crippen LogP contribution in [0.1, 0.15) is 6.42 Å². The van der Waals surface area contributed by atoms with E-state index in [0.29, 0.717) is 0 Å². The molecule has 2 unspecified atom stereocenters. The Hall–Kier alpha value is -0.0800. The number of nitrogens with one attached hydrogen (secondary N) is 2. The summed E-state index contributed by atoms with van der Waals surface area (Å²) in [5.41, 5.74) is 0. The maximum absolute atomic E-state index is 3.39. The molecule has 2 atom stereocenters. The van der Waals surface area contributed by atoms with Gasteiger partial charge >= 0.3 is 0 Å². The number of piperidine rings is 1. The Labute approximate surface area is 56.0 Å². The molecule has 0 aromatic heterocycles. The zero-order valence-electron chi connectivity index (χ0n) is 5.56. The zero-order chi connectivity index (χ0) is 6.10. The van der Waals surface area contributed by atoms with Crippen molar-refractivity contribution in [2.75, 3.05) is 19.6 Å². The van der Waals surface area contributed by atoms with E-state index < -0.39 is 0 Å². The largest absolute Gasteiger partial charge is 0.316 e. The van der Waals surface area contributed by atoms with Gasteiger partial charge in [0.1, 0.15) is 0 Å². The van der Waals surface area contributed by atoms with Crippen molar-refractivity contribution in [3.05, 3.63) is 6.54 Å². The minimum absolute atomic E-state index is 0.818. The van der Waals surface area contributed by atoms with Crippen molar-refractivity contribution in [3.8, 4) is 0 Å². The van der Waals surface area contributed by atoms with Crippen LogP contribution in [0, 0.1) is 18.4 Å². The molecule has 2 aliphatic rings. The molecule has 2 heteroatoms. The first-order valence-electron chi connectivity index (χ1n) is 3.74. The molecule has 2 nitrogen and oxygen atoms in total. The summed E-state index contributed by atoms with van der Waals surface area (Å²) in [5, 5.41) is 6.68. The van der Waals surface area contributed by atoms with Crippen LogP contribution in [0.25, 0.3) is 0 Å². The monoisotopic (exact) mass is 125 g/mol. The first kappa shape index (κ1) is 5.69. The minimum atomic E-state index is 0.818. The maximum atomic E-state index is 3.39. The van der Waals surface area contributed by atoms with Gasteiger partial charge in [0.05, 0.1) is 0 Å². The van der Waals surface area contributed by atoms with Crippen LogP contribution in [0.5, 0.6) is 0 Å². The fourth-order valence-corrected chi connectivity index (χ4v) is 1.77. The average molecular weight is 125 g/mol. The average Bonchev–Trinajstić information content (AvgIpc) is 2.33. The summed E-state index contributed by atoms with van der Waals surface area (Å²) >= 11 is 0. The second kappa shape index (κ2) is 2.27. The highest BCUT2D eigenvalue weighted by Gasteiger charge is 2.28. The van der Waals surface area contributed by atoms with Crippen molar-refractivity contribution in [2.24, 2.45) is 11.8 Å². The van der Waals surface area contributed by atoms with Crippen LogP contribution in [0.15, 0.2) is 0 Å². The molecular weight excluding hydrogens is 112 g/mol. The number of hydrogen-bond acceptors (Lipinski definition) is 2. The lowest BCUT2D eigenvalue weighted by molar-refractivity contribution is 0.364. The van der Waals surface area contributed by atoms with E-state index in [9.17, 15) is 0 Å². The Morgan fingerprint density at radius 2 is 2.33 bits per heavy atom. The van der Waals surface area contributed by atoms with Crippen LogP contribution in [0.2, 0.25) is 0 Å². The lowest BCUT2D eigenvalue weighted by atomic mass is 9.90. The van der Waals surface area contributed by atoms with E-state index in [0.717, 1.165) is 11.8 Å². The Bertz CT molecular complexity index is 91.1. The summed E-state index contributed by atoms with van der Waals surface area (Å²) in [6, 6.07) is 0. The van der Waals surface area contributed by atoms with Crippen molar-refractivity contribution >= 4 is 0 Å². The van der Waals surface area contributed by atoms with Gasteiger partial charge in [-0.3, -0.25) is 0 Å². The van der Waals surface area contributed by atoms with E-state index >= 15 is 0 Å². The summed E-state index contributed by atoms with van der Waals surface area (Å²) in [6.07, 6.45) is 1.36. The lowest BCUT2D eigenvalue weighted by Gasteiger charge is -2.23. The topological polar surface area (TPSA) is 24.1 Å². The van der Waals surface area contributed by atoms with Crippen molar-refractivity contribution in [3.63, 3.8) is 0 Å². The molecule has 0 spiro atoms. The zero-order valence-corrected chi connectivity index (χ0v) is 5.56. The summed E-state index contributed by atoms with van der Waals surface area (Å²) in [4.78, 5) is 0. The Balaban J connectivity index is 1.97. The summed E-state index contributed by atoms with van der Waals surface area (Å²) in [5.74, 6) is 1.75. The Kier molecular flexibility index (Phi) is 1.44. The van der Waals surface area contributed by atoms with Gasteiger partial charge in [-0.15, -0.1) is 0 Å². The van der Waals surface area contributed by atoms with E-state index in [4.69, 9.17) is 0 Å². The fourth-order valence-electron chi connectivity index (χ4n) is 1.77. The number of hydrogen-bond donors (Lipinski definition) is 2. The highest BCUT2D eigenvalue weighted by atomic mass is 15.0. The minimum Gasteiger partial charge on any atom is -0.316 e. The molecule has 51 valence electrons. The number of rotatable bonds is 0. The van der Waals surface area contributed by atoms with Crippen LogP contribution in [0.3, 0.4) is 0 Å². The Morgan fingerprint density at radius 3 is 3.22 bits per heavy atom. The standard InChI is InChI=1S/C7H13N2/c1-2-8-4-7-5-9-3-6(1)7/h4,6-9H,1-3,5H2. The highest BCUT2D eigenvalue weighted by molar-refractivity contribution is 4.92. The normalized spacial score (nSPS) is 42.7. The van der Waals surface area contributed by atoms with Gasteiger partial charge in [-0.25, -0.2) is 0 Å². The third-order valence-electron chi connectivity index (χ3n) is 2.38. The van der Waals surface area contributed by atoms with Gasteiger partial charge in [0.2, 0.25) is 0 Å². The van der Waals surface area contributed by atoms with Crippen LogP contribution in [0.4, 0.5) is 0 Å². The maximum Gasteiger partial charge on any atom is 0.0267 e. The SMILES string of the molecule is [CH]1NCCC2CNCC12. The Morgan fingerprint density at radius 1 is 1.33 bits per heavy atom. The lowest BCUT2D eigenvalue weighted by Crippen LogP contribution is -2.31. The molecule has 0 aromatic carbocycles. The second-order valence-corrected chi connectivity index (χ2v) is 2.99. The first-order chi connectivity index (χ1) is 4.47. The summed E-state index contributed by atoms with van der Waals surface area (Å²) in [6.45, 7) is 5.87. The molecular formula is C7H13N2. The van der Waals surface area contributed by atoms with Crippen LogP contribution in [-0.4, -0.2) is 19.6 Å². The van der Waals surface area contributed by atoms with Crippen molar-refractivity contribution < 1.29 is 0 Å². The van der Waals surface area contributed by atoms with Crippen molar-refractivity contribution in [2.45, 2.75) is 6.42 Å². The molecule has 2 N–H and O–H groups in total. The first-order valence-corrected chi connectivity index (χ1v) is 3.74. The van der Waals surface area contributed by atoms with Gasteiger partial charge in [0, 0.05) is 6.54 Å². The molecule has 2 aliphatic heterocycles. The number of fused-ring (bicyclic) bond motifs is 1. The highest BCUT2D eigenvalue weighted by Crippen LogP contribution is 2.23. The quantitative estimate of drug-likeness (QED) is 0.475. The third kappa shape index (κ3) is 0.970. The fraction of sp³-hybridized carbons (Fsp3) is 0.857. The van der Waals surface area contributed by atoms with Crippen LogP contribution in [-0.2, 0) is 0 Å². The van der Waals surface area contributed by atoms with Gasteiger partial charge < -0.3 is 10.6 Å². The predicted molar refractivity (Wildman–Crippen MR) is 36.8 cm³/mol. The predicted octanol–water partition coefficient (Wildman–Crippen LogP) is -0.0229.